The summed E-state index contributed by atoms with van der Waals surface area (Å²) >= 11 is 8.69. The van der Waals surface area contributed by atoms with E-state index >= 15 is 0 Å². The molecule has 0 bridgehead atoms. The van der Waals surface area contributed by atoms with Gasteiger partial charge in [0.1, 0.15) is 6.10 Å². The zero-order chi connectivity index (χ0) is 12.2. The third-order valence-electron chi connectivity index (χ3n) is 1.80. The molecule has 1 aliphatic rings. The molecule has 0 amide bonds. The molecule has 2 atom stereocenters. The topological polar surface area (TPSA) is 54.0 Å². The fourth-order valence-corrected chi connectivity index (χ4v) is 2.71. The van der Waals surface area contributed by atoms with E-state index in [0.29, 0.717) is 11.9 Å². The molecule has 0 aromatic rings. The number of ether oxygens (including phenoxy) is 2. The fraction of sp³-hybridized carbons (Fsp3) is 1.00. The Labute approximate surface area is 108 Å². The number of halogens is 2. The summed E-state index contributed by atoms with van der Waals surface area (Å²) in [6.07, 6.45) is -0.269. The Morgan fingerprint density at radius 1 is 1.56 bits per heavy atom. The summed E-state index contributed by atoms with van der Waals surface area (Å²) in [5, 5.41) is 0.545. The highest BCUT2D eigenvalue weighted by atomic mass is 79.9. The van der Waals surface area contributed by atoms with Crippen molar-refractivity contribution in [1.29, 1.82) is 0 Å². The van der Waals surface area contributed by atoms with E-state index in [4.69, 9.17) is 29.8 Å². The number of hydrogen-bond donors (Lipinski definition) is 0. The minimum Gasteiger partial charge on any atom is -0.348 e. The fourth-order valence-electron chi connectivity index (χ4n) is 1.20. The van der Waals surface area contributed by atoms with E-state index in [1.165, 1.54) is 0 Å². The Hall–Kier alpha value is 0.840. The van der Waals surface area contributed by atoms with Gasteiger partial charge >= 0.3 is 6.95 Å². The van der Waals surface area contributed by atoms with Gasteiger partial charge < -0.3 is 9.47 Å². The van der Waals surface area contributed by atoms with E-state index in [1.54, 1.807) is 13.8 Å². The van der Waals surface area contributed by atoms with Gasteiger partial charge in [-0.05, 0) is 13.8 Å². The predicted octanol–water partition coefficient (Wildman–Crippen LogP) is 2.91. The van der Waals surface area contributed by atoms with E-state index in [9.17, 15) is 4.57 Å². The molecule has 1 saturated heterocycles. The molecular formula is C8H15BrClO5P. The minimum atomic E-state index is -3.50. The highest BCUT2D eigenvalue weighted by Crippen LogP contribution is 2.53. The number of hydrogen-bond acceptors (Lipinski definition) is 5. The van der Waals surface area contributed by atoms with Gasteiger partial charge in [0.05, 0.1) is 19.8 Å². The van der Waals surface area contributed by atoms with Crippen LogP contribution in [0.4, 0.5) is 0 Å². The Morgan fingerprint density at radius 3 is 2.75 bits per heavy atom. The molecule has 16 heavy (non-hydrogen) atoms. The van der Waals surface area contributed by atoms with E-state index < -0.39 is 12.7 Å². The van der Waals surface area contributed by atoms with Crippen molar-refractivity contribution in [2.24, 2.45) is 0 Å². The predicted molar refractivity (Wildman–Crippen MR) is 64.1 cm³/mol. The van der Waals surface area contributed by atoms with Crippen LogP contribution in [0.25, 0.3) is 0 Å². The van der Waals surface area contributed by atoms with Crippen LogP contribution in [0.1, 0.15) is 13.8 Å². The SMILES string of the molecule is CC1(C)OC[C@H](COP(=O)(Cl)OCCBr)O1. The maximum atomic E-state index is 11.5. The second kappa shape index (κ2) is 6.14. The van der Waals surface area contributed by atoms with Crippen LogP contribution in [-0.4, -0.2) is 37.0 Å². The van der Waals surface area contributed by atoms with Crippen molar-refractivity contribution in [3.05, 3.63) is 0 Å². The van der Waals surface area contributed by atoms with Gasteiger partial charge in [-0.3, -0.25) is 9.05 Å². The molecule has 5 nitrogen and oxygen atoms in total. The molecule has 1 heterocycles. The van der Waals surface area contributed by atoms with Gasteiger partial charge in [0.15, 0.2) is 5.79 Å². The largest absolute Gasteiger partial charge is 0.424 e. The van der Waals surface area contributed by atoms with Gasteiger partial charge in [0, 0.05) is 16.6 Å². The molecule has 1 rings (SSSR count). The average Bonchev–Trinajstić information content (AvgIpc) is 2.53. The molecule has 1 fully saturated rings. The van der Waals surface area contributed by atoms with Crippen molar-refractivity contribution in [2.45, 2.75) is 25.7 Å². The van der Waals surface area contributed by atoms with E-state index in [0.717, 1.165) is 0 Å². The molecule has 0 spiro atoms. The molecule has 1 unspecified atom stereocenters. The number of alkyl halides is 1. The van der Waals surface area contributed by atoms with Crippen LogP contribution in [0.2, 0.25) is 0 Å². The standard InChI is InChI=1S/C8H15BrClO5P/c1-8(2)12-5-7(15-8)6-14-16(10,11)13-4-3-9/h7H,3-6H2,1-2H3/t7-,16?/m1/s1. The summed E-state index contributed by atoms with van der Waals surface area (Å²) < 4.78 is 32.1. The summed E-state index contributed by atoms with van der Waals surface area (Å²) in [5.41, 5.74) is 0. The van der Waals surface area contributed by atoms with Gasteiger partial charge in [-0.2, -0.15) is 0 Å². The second-order valence-corrected chi connectivity index (χ2v) is 7.11. The van der Waals surface area contributed by atoms with Crippen molar-refractivity contribution >= 4 is 34.1 Å². The van der Waals surface area contributed by atoms with Crippen LogP contribution in [0.3, 0.4) is 0 Å². The Bertz CT molecular complexity index is 275. The van der Waals surface area contributed by atoms with Crippen LogP contribution < -0.4 is 0 Å². The van der Waals surface area contributed by atoms with Crippen molar-refractivity contribution in [1.82, 2.24) is 0 Å². The Balaban J connectivity index is 2.27. The first-order valence-electron chi connectivity index (χ1n) is 4.81. The summed E-state index contributed by atoms with van der Waals surface area (Å²) in [6, 6.07) is 0. The molecular weight excluding hydrogens is 322 g/mol. The molecule has 96 valence electrons. The van der Waals surface area contributed by atoms with Gasteiger partial charge in [0.25, 0.3) is 0 Å². The minimum absolute atomic E-state index is 0.0898. The third kappa shape index (κ3) is 5.45. The smallest absolute Gasteiger partial charge is 0.348 e. The lowest BCUT2D eigenvalue weighted by molar-refractivity contribution is -0.141. The molecule has 0 radical (unpaired) electrons. The van der Waals surface area contributed by atoms with Crippen LogP contribution >= 0.6 is 34.1 Å². The van der Waals surface area contributed by atoms with Gasteiger partial charge in [-0.25, -0.2) is 4.57 Å². The van der Waals surface area contributed by atoms with Crippen LogP contribution in [-0.2, 0) is 23.1 Å². The van der Waals surface area contributed by atoms with E-state index in [2.05, 4.69) is 15.9 Å². The lowest BCUT2D eigenvalue weighted by atomic mass is 10.4. The average molecular weight is 338 g/mol. The first kappa shape index (κ1) is 14.9. The highest BCUT2D eigenvalue weighted by molar-refractivity contribution is 9.09. The second-order valence-electron chi connectivity index (χ2n) is 3.70. The summed E-state index contributed by atoms with van der Waals surface area (Å²) in [5.74, 6) is -0.624. The van der Waals surface area contributed by atoms with E-state index in [1.807, 2.05) is 0 Å². The molecule has 0 aromatic heterocycles. The maximum absolute atomic E-state index is 11.5. The zero-order valence-corrected chi connectivity index (χ0v) is 12.4. The quantitative estimate of drug-likeness (QED) is 0.551. The first-order valence-corrected chi connectivity index (χ1v) is 8.38. The van der Waals surface area contributed by atoms with Crippen LogP contribution in [0.5, 0.6) is 0 Å². The van der Waals surface area contributed by atoms with Crippen molar-refractivity contribution in [3.8, 4) is 0 Å². The van der Waals surface area contributed by atoms with Crippen molar-refractivity contribution in [3.63, 3.8) is 0 Å². The monoisotopic (exact) mass is 336 g/mol. The maximum Gasteiger partial charge on any atom is 0.424 e. The summed E-state index contributed by atoms with van der Waals surface area (Å²) in [4.78, 5) is 0. The lowest BCUT2D eigenvalue weighted by Crippen LogP contribution is -2.23. The lowest BCUT2D eigenvalue weighted by Gasteiger charge is -2.17. The van der Waals surface area contributed by atoms with Crippen molar-refractivity contribution < 1.29 is 23.1 Å². The zero-order valence-electron chi connectivity index (χ0n) is 9.15. The highest BCUT2D eigenvalue weighted by Gasteiger charge is 2.34. The molecule has 0 saturated carbocycles. The van der Waals surface area contributed by atoms with Gasteiger partial charge in [-0.1, -0.05) is 15.9 Å². The van der Waals surface area contributed by atoms with Crippen LogP contribution in [0, 0.1) is 0 Å². The molecule has 8 heteroatoms. The normalized spacial score (nSPS) is 27.9. The van der Waals surface area contributed by atoms with E-state index in [-0.39, 0.29) is 19.3 Å². The first-order chi connectivity index (χ1) is 7.35. The Kier molecular flexibility index (Phi) is 5.72. The van der Waals surface area contributed by atoms with Gasteiger partial charge in [0.2, 0.25) is 0 Å². The molecule has 0 aromatic carbocycles. The number of rotatable bonds is 6. The molecule has 0 aliphatic carbocycles. The third-order valence-corrected chi connectivity index (χ3v) is 3.66. The molecule has 0 N–H and O–H groups in total. The summed E-state index contributed by atoms with van der Waals surface area (Å²) in [7, 11) is 0. The van der Waals surface area contributed by atoms with Gasteiger partial charge in [-0.15, -0.1) is 0 Å². The van der Waals surface area contributed by atoms with Crippen LogP contribution in [0.15, 0.2) is 0 Å². The van der Waals surface area contributed by atoms with Crippen molar-refractivity contribution in [2.75, 3.05) is 25.2 Å². The summed E-state index contributed by atoms with van der Waals surface area (Å²) in [6.45, 7) is 0.815. The Morgan fingerprint density at radius 2 is 2.25 bits per heavy atom. The molecule has 1 aliphatic heterocycles.